The molecule has 2 nitrogen and oxygen atoms in total. The van der Waals surface area contributed by atoms with E-state index in [0.29, 0.717) is 5.54 Å². The van der Waals surface area contributed by atoms with E-state index in [9.17, 15) is 0 Å². The molecule has 0 saturated heterocycles. The first-order chi connectivity index (χ1) is 7.69. The van der Waals surface area contributed by atoms with Crippen molar-refractivity contribution in [1.82, 2.24) is 4.90 Å². The van der Waals surface area contributed by atoms with Crippen LogP contribution in [-0.4, -0.2) is 30.1 Å². The summed E-state index contributed by atoms with van der Waals surface area (Å²) >= 11 is 0. The minimum absolute atomic E-state index is 0.344. The highest BCUT2D eigenvalue weighted by molar-refractivity contribution is 4.98. The molecule has 0 amide bonds. The Morgan fingerprint density at radius 3 is 2.31 bits per heavy atom. The van der Waals surface area contributed by atoms with E-state index >= 15 is 0 Å². The first-order valence-electron chi connectivity index (χ1n) is 7.13. The molecule has 2 atom stereocenters. The van der Waals surface area contributed by atoms with Gasteiger partial charge in [0.1, 0.15) is 0 Å². The van der Waals surface area contributed by atoms with Crippen molar-refractivity contribution in [2.75, 3.05) is 13.6 Å². The van der Waals surface area contributed by atoms with Gasteiger partial charge in [-0.05, 0) is 38.6 Å². The Morgan fingerprint density at radius 1 is 1.12 bits per heavy atom. The van der Waals surface area contributed by atoms with Gasteiger partial charge in [-0.2, -0.15) is 0 Å². The van der Waals surface area contributed by atoms with Crippen molar-refractivity contribution < 1.29 is 0 Å². The lowest BCUT2D eigenvalue weighted by Gasteiger charge is -2.47. The number of nitrogens with zero attached hydrogens (tertiary/aromatic N) is 1. The van der Waals surface area contributed by atoms with Gasteiger partial charge in [0, 0.05) is 18.1 Å². The van der Waals surface area contributed by atoms with Crippen molar-refractivity contribution in [3.8, 4) is 0 Å². The lowest BCUT2D eigenvalue weighted by Crippen LogP contribution is -2.56. The number of hydrogen-bond acceptors (Lipinski definition) is 2. The molecule has 2 unspecified atom stereocenters. The number of likely N-dealkylation sites (N-methyl/N-ethyl adjacent to an activating group) is 1. The Balaban J connectivity index is 2.06. The van der Waals surface area contributed by atoms with Crippen molar-refractivity contribution >= 4 is 0 Å². The quantitative estimate of drug-likeness (QED) is 0.798. The van der Waals surface area contributed by atoms with Gasteiger partial charge < -0.3 is 5.73 Å². The fraction of sp³-hybridized carbons (Fsp3) is 1.00. The first-order valence-corrected chi connectivity index (χ1v) is 7.13. The molecule has 94 valence electrons. The lowest BCUT2D eigenvalue weighted by atomic mass is 9.82. The highest BCUT2D eigenvalue weighted by Gasteiger charge is 2.41. The van der Waals surface area contributed by atoms with Crippen LogP contribution in [0, 0.1) is 5.92 Å². The van der Waals surface area contributed by atoms with Gasteiger partial charge in [0.15, 0.2) is 0 Å². The minimum atomic E-state index is 0.344. The van der Waals surface area contributed by atoms with E-state index in [2.05, 4.69) is 18.9 Å². The molecule has 2 saturated carbocycles. The van der Waals surface area contributed by atoms with Crippen molar-refractivity contribution in [2.24, 2.45) is 11.7 Å². The topological polar surface area (TPSA) is 29.3 Å². The van der Waals surface area contributed by atoms with E-state index in [1.54, 1.807) is 0 Å². The van der Waals surface area contributed by atoms with E-state index in [4.69, 9.17) is 5.73 Å². The average molecular weight is 224 g/mol. The van der Waals surface area contributed by atoms with Crippen LogP contribution >= 0.6 is 0 Å². The second kappa shape index (κ2) is 5.05. The van der Waals surface area contributed by atoms with Crippen LogP contribution in [0.2, 0.25) is 0 Å². The third-order valence-electron chi connectivity index (χ3n) is 5.23. The van der Waals surface area contributed by atoms with Crippen LogP contribution in [0.3, 0.4) is 0 Å². The smallest absolute Gasteiger partial charge is 0.0331 e. The highest BCUT2D eigenvalue weighted by Crippen LogP contribution is 2.39. The SMILES string of the molecule is CC1CCCCC1N(C)C1(CN)CCCC1. The van der Waals surface area contributed by atoms with Gasteiger partial charge in [0.2, 0.25) is 0 Å². The van der Waals surface area contributed by atoms with Crippen LogP contribution in [0.1, 0.15) is 58.3 Å². The van der Waals surface area contributed by atoms with E-state index in [1.165, 1.54) is 51.4 Å². The summed E-state index contributed by atoms with van der Waals surface area (Å²) in [6.07, 6.45) is 11.0. The second-order valence-electron chi connectivity index (χ2n) is 6.08. The van der Waals surface area contributed by atoms with Gasteiger partial charge in [-0.25, -0.2) is 0 Å². The van der Waals surface area contributed by atoms with Crippen LogP contribution in [0.4, 0.5) is 0 Å². The third-order valence-corrected chi connectivity index (χ3v) is 5.23. The molecular formula is C14H28N2. The maximum Gasteiger partial charge on any atom is 0.0331 e. The number of rotatable bonds is 3. The van der Waals surface area contributed by atoms with Gasteiger partial charge in [-0.3, -0.25) is 4.90 Å². The minimum Gasteiger partial charge on any atom is -0.329 e. The molecule has 0 aromatic carbocycles. The Bertz CT molecular complexity index is 221. The normalized spacial score (nSPS) is 34.5. The molecule has 0 aromatic rings. The molecule has 0 radical (unpaired) electrons. The highest BCUT2D eigenvalue weighted by atomic mass is 15.2. The standard InChI is InChI=1S/C14H28N2/c1-12-7-3-4-8-13(12)16(2)14(11-15)9-5-6-10-14/h12-13H,3-11,15H2,1-2H3. The van der Waals surface area contributed by atoms with Crippen molar-refractivity contribution in [2.45, 2.75) is 69.9 Å². The Hall–Kier alpha value is -0.0800. The zero-order valence-corrected chi connectivity index (χ0v) is 11.0. The average Bonchev–Trinajstić information content (AvgIpc) is 2.78. The number of hydrogen-bond donors (Lipinski definition) is 1. The molecule has 0 bridgehead atoms. The summed E-state index contributed by atoms with van der Waals surface area (Å²) in [5, 5.41) is 0. The molecule has 2 rings (SSSR count). The Labute approximate surface area is 101 Å². The van der Waals surface area contributed by atoms with E-state index in [0.717, 1.165) is 18.5 Å². The van der Waals surface area contributed by atoms with Crippen LogP contribution < -0.4 is 5.73 Å². The number of nitrogens with two attached hydrogens (primary N) is 1. The molecule has 0 spiro atoms. The fourth-order valence-corrected chi connectivity index (χ4v) is 3.96. The maximum absolute atomic E-state index is 6.08. The Morgan fingerprint density at radius 2 is 1.75 bits per heavy atom. The van der Waals surface area contributed by atoms with Crippen LogP contribution in [-0.2, 0) is 0 Å². The third kappa shape index (κ3) is 2.14. The molecule has 0 aliphatic heterocycles. The van der Waals surface area contributed by atoms with Gasteiger partial charge in [-0.15, -0.1) is 0 Å². The lowest BCUT2D eigenvalue weighted by molar-refractivity contribution is 0.0349. The molecule has 0 heterocycles. The summed E-state index contributed by atoms with van der Waals surface area (Å²) in [6.45, 7) is 3.28. The molecule has 16 heavy (non-hydrogen) atoms. The summed E-state index contributed by atoms with van der Waals surface area (Å²) in [5.41, 5.74) is 6.42. The monoisotopic (exact) mass is 224 g/mol. The molecule has 2 aliphatic rings. The summed E-state index contributed by atoms with van der Waals surface area (Å²) in [6, 6.07) is 0.787. The van der Waals surface area contributed by atoms with Gasteiger partial charge >= 0.3 is 0 Å². The predicted octanol–water partition coefficient (Wildman–Crippen LogP) is 2.77. The zero-order chi connectivity index (χ0) is 11.6. The van der Waals surface area contributed by atoms with E-state index in [-0.39, 0.29) is 0 Å². The zero-order valence-electron chi connectivity index (χ0n) is 11.0. The summed E-state index contributed by atoms with van der Waals surface area (Å²) in [4.78, 5) is 2.67. The van der Waals surface area contributed by atoms with Crippen LogP contribution in [0.5, 0.6) is 0 Å². The van der Waals surface area contributed by atoms with Gasteiger partial charge in [0.25, 0.3) is 0 Å². The first kappa shape index (κ1) is 12.4. The molecule has 0 aromatic heterocycles. The summed E-state index contributed by atoms with van der Waals surface area (Å²) in [5.74, 6) is 0.864. The predicted molar refractivity (Wildman–Crippen MR) is 69.4 cm³/mol. The van der Waals surface area contributed by atoms with E-state index in [1.807, 2.05) is 0 Å². The molecule has 2 fully saturated rings. The van der Waals surface area contributed by atoms with Crippen LogP contribution in [0.15, 0.2) is 0 Å². The molecular weight excluding hydrogens is 196 g/mol. The summed E-state index contributed by atoms with van der Waals surface area (Å²) in [7, 11) is 2.34. The largest absolute Gasteiger partial charge is 0.329 e. The Kier molecular flexibility index (Phi) is 3.91. The van der Waals surface area contributed by atoms with Crippen LogP contribution in [0.25, 0.3) is 0 Å². The second-order valence-corrected chi connectivity index (χ2v) is 6.08. The van der Waals surface area contributed by atoms with Gasteiger partial charge in [0.05, 0.1) is 0 Å². The summed E-state index contributed by atoms with van der Waals surface area (Å²) < 4.78 is 0. The fourth-order valence-electron chi connectivity index (χ4n) is 3.96. The molecule has 2 aliphatic carbocycles. The van der Waals surface area contributed by atoms with Crippen molar-refractivity contribution in [3.63, 3.8) is 0 Å². The van der Waals surface area contributed by atoms with Crippen molar-refractivity contribution in [3.05, 3.63) is 0 Å². The van der Waals surface area contributed by atoms with E-state index < -0.39 is 0 Å². The van der Waals surface area contributed by atoms with Crippen molar-refractivity contribution in [1.29, 1.82) is 0 Å². The molecule has 2 N–H and O–H groups in total. The molecule has 2 heteroatoms. The maximum atomic E-state index is 6.08. The van der Waals surface area contributed by atoms with Gasteiger partial charge in [-0.1, -0.05) is 32.6 Å².